The lowest BCUT2D eigenvalue weighted by Gasteiger charge is -2.01. The van der Waals surface area contributed by atoms with Crippen LogP contribution in [-0.4, -0.2) is 21.0 Å². The first-order valence-corrected chi connectivity index (χ1v) is 6.38. The molecule has 0 saturated carbocycles. The van der Waals surface area contributed by atoms with Gasteiger partial charge in [-0.2, -0.15) is 0 Å². The zero-order chi connectivity index (χ0) is 12.9. The van der Waals surface area contributed by atoms with E-state index in [9.17, 15) is 4.39 Å². The predicted octanol–water partition coefficient (Wildman–Crippen LogP) is 2.45. The smallest absolute Gasteiger partial charge is 0.215 e. The number of benzene rings is 1. The molecular weight excluding hydrogens is 299 g/mol. The number of rotatable bonds is 2. The highest BCUT2D eigenvalue weighted by Gasteiger charge is 2.17. The van der Waals surface area contributed by atoms with Crippen LogP contribution in [0, 0.1) is 5.82 Å². The molecule has 0 fully saturated rings. The fourth-order valence-electron chi connectivity index (χ4n) is 2.20. The number of imidazole rings is 2. The average Bonchev–Trinajstić information content (AvgIpc) is 2.81. The molecule has 18 heavy (non-hydrogen) atoms. The Hall–Kier alpha value is -1.40. The first-order valence-electron chi connectivity index (χ1n) is 5.59. The molecule has 0 spiro atoms. The molecule has 2 heterocycles. The summed E-state index contributed by atoms with van der Waals surface area (Å²) in [7, 11) is 3.84. The minimum Gasteiger partial charge on any atom is -0.315 e. The van der Waals surface area contributed by atoms with Crippen molar-refractivity contribution < 1.29 is 4.39 Å². The van der Waals surface area contributed by atoms with Crippen molar-refractivity contribution in [1.29, 1.82) is 0 Å². The Kier molecular flexibility index (Phi) is 2.64. The zero-order valence-corrected chi connectivity index (χ0v) is 11.6. The number of hydrogen-bond donors (Lipinski definition) is 1. The molecule has 0 saturated heterocycles. The van der Waals surface area contributed by atoms with Crippen molar-refractivity contribution in [1.82, 2.24) is 19.3 Å². The van der Waals surface area contributed by atoms with Gasteiger partial charge in [0.15, 0.2) is 0 Å². The van der Waals surface area contributed by atoms with Crippen LogP contribution in [0.4, 0.5) is 4.39 Å². The van der Waals surface area contributed by atoms with Crippen LogP contribution in [0.5, 0.6) is 0 Å². The standard InChI is InChI=1S/C12H12BrFN4/c1-15-6-10-11(13)18-9-5-7(14)3-4-8(9)16-12(18)17(10)2/h3-5,15H,6H2,1-2H3. The normalized spacial score (nSPS) is 11.8. The fraction of sp³-hybridized carbons (Fsp3) is 0.250. The molecule has 0 aliphatic heterocycles. The SMILES string of the molecule is CNCc1c(Br)n2c3cc(F)ccc3nc2n1C. The molecule has 0 bridgehead atoms. The van der Waals surface area contributed by atoms with Gasteiger partial charge in [-0.05, 0) is 35.1 Å². The highest BCUT2D eigenvalue weighted by molar-refractivity contribution is 9.10. The summed E-state index contributed by atoms with van der Waals surface area (Å²) in [6, 6.07) is 4.63. The van der Waals surface area contributed by atoms with Crippen molar-refractivity contribution in [2.75, 3.05) is 7.05 Å². The predicted molar refractivity (Wildman–Crippen MR) is 72.1 cm³/mol. The van der Waals surface area contributed by atoms with E-state index in [1.54, 1.807) is 6.07 Å². The Morgan fingerprint density at radius 3 is 2.94 bits per heavy atom. The van der Waals surface area contributed by atoms with E-state index >= 15 is 0 Å². The maximum Gasteiger partial charge on any atom is 0.215 e. The summed E-state index contributed by atoms with van der Waals surface area (Å²) >= 11 is 3.57. The zero-order valence-electron chi connectivity index (χ0n) is 10.0. The van der Waals surface area contributed by atoms with E-state index in [1.165, 1.54) is 12.1 Å². The van der Waals surface area contributed by atoms with Crippen molar-refractivity contribution in [3.63, 3.8) is 0 Å². The van der Waals surface area contributed by atoms with E-state index in [2.05, 4.69) is 26.2 Å². The van der Waals surface area contributed by atoms with Gasteiger partial charge in [0.05, 0.1) is 16.7 Å². The van der Waals surface area contributed by atoms with Crippen molar-refractivity contribution >= 4 is 32.7 Å². The third kappa shape index (κ3) is 1.49. The van der Waals surface area contributed by atoms with Crippen LogP contribution in [0.3, 0.4) is 0 Å². The lowest BCUT2D eigenvalue weighted by atomic mass is 10.3. The summed E-state index contributed by atoms with van der Waals surface area (Å²) < 4.78 is 18.2. The van der Waals surface area contributed by atoms with Crippen molar-refractivity contribution in [2.24, 2.45) is 7.05 Å². The molecule has 0 aliphatic carbocycles. The monoisotopic (exact) mass is 310 g/mol. The van der Waals surface area contributed by atoms with Crippen molar-refractivity contribution in [3.05, 3.63) is 34.3 Å². The fourth-order valence-corrected chi connectivity index (χ4v) is 2.96. The van der Waals surface area contributed by atoms with E-state index in [0.29, 0.717) is 0 Å². The molecule has 0 aliphatic rings. The van der Waals surface area contributed by atoms with E-state index in [-0.39, 0.29) is 5.82 Å². The van der Waals surface area contributed by atoms with Gasteiger partial charge in [-0.15, -0.1) is 0 Å². The van der Waals surface area contributed by atoms with Gasteiger partial charge in [-0.1, -0.05) is 0 Å². The quantitative estimate of drug-likeness (QED) is 0.789. The maximum absolute atomic E-state index is 13.4. The van der Waals surface area contributed by atoms with Gasteiger partial charge in [0, 0.05) is 19.7 Å². The number of aryl methyl sites for hydroxylation is 1. The summed E-state index contributed by atoms with van der Waals surface area (Å²) in [5.74, 6) is 0.544. The number of aromatic nitrogens is 3. The molecule has 2 aromatic heterocycles. The van der Waals surface area contributed by atoms with Crippen LogP contribution in [0.15, 0.2) is 22.8 Å². The third-order valence-electron chi connectivity index (χ3n) is 3.08. The van der Waals surface area contributed by atoms with E-state index in [0.717, 1.165) is 33.7 Å². The molecule has 3 aromatic rings. The first-order chi connectivity index (χ1) is 8.63. The minimum absolute atomic E-state index is 0.254. The summed E-state index contributed by atoms with van der Waals surface area (Å²) in [6.07, 6.45) is 0. The summed E-state index contributed by atoms with van der Waals surface area (Å²) in [5.41, 5.74) is 2.64. The maximum atomic E-state index is 13.4. The second kappa shape index (κ2) is 4.07. The summed E-state index contributed by atoms with van der Waals surface area (Å²) in [4.78, 5) is 4.52. The van der Waals surface area contributed by atoms with Gasteiger partial charge < -0.3 is 9.88 Å². The highest BCUT2D eigenvalue weighted by atomic mass is 79.9. The highest BCUT2D eigenvalue weighted by Crippen LogP contribution is 2.27. The van der Waals surface area contributed by atoms with Gasteiger partial charge >= 0.3 is 0 Å². The summed E-state index contributed by atoms with van der Waals surface area (Å²) in [6.45, 7) is 0.719. The van der Waals surface area contributed by atoms with Gasteiger partial charge in [0.25, 0.3) is 0 Å². The van der Waals surface area contributed by atoms with Crippen LogP contribution in [0.1, 0.15) is 5.69 Å². The minimum atomic E-state index is -0.254. The molecule has 0 radical (unpaired) electrons. The van der Waals surface area contributed by atoms with Crippen molar-refractivity contribution in [3.8, 4) is 0 Å². The molecule has 94 valence electrons. The van der Waals surface area contributed by atoms with Gasteiger partial charge in [0.2, 0.25) is 5.78 Å². The molecule has 0 atom stereocenters. The average molecular weight is 311 g/mol. The molecular formula is C12H12BrFN4. The number of hydrogen-bond acceptors (Lipinski definition) is 2. The van der Waals surface area contributed by atoms with Gasteiger partial charge in [-0.3, -0.25) is 4.40 Å². The topological polar surface area (TPSA) is 34.3 Å². The van der Waals surface area contributed by atoms with E-state index < -0.39 is 0 Å². The van der Waals surface area contributed by atoms with Gasteiger partial charge in [0.1, 0.15) is 10.4 Å². The Morgan fingerprint density at radius 2 is 2.22 bits per heavy atom. The van der Waals surface area contributed by atoms with Crippen LogP contribution in [-0.2, 0) is 13.6 Å². The number of halogens is 2. The van der Waals surface area contributed by atoms with Gasteiger partial charge in [-0.25, -0.2) is 9.37 Å². The van der Waals surface area contributed by atoms with Crippen molar-refractivity contribution in [2.45, 2.75) is 6.54 Å². The molecule has 1 aromatic carbocycles. The van der Waals surface area contributed by atoms with Crippen LogP contribution >= 0.6 is 15.9 Å². The molecule has 3 rings (SSSR count). The lowest BCUT2D eigenvalue weighted by molar-refractivity contribution is 0.629. The Bertz CT molecular complexity index is 744. The second-order valence-corrected chi connectivity index (χ2v) is 4.96. The third-order valence-corrected chi connectivity index (χ3v) is 3.89. The van der Waals surface area contributed by atoms with Crippen LogP contribution in [0.25, 0.3) is 16.8 Å². The number of nitrogens with one attached hydrogen (secondary N) is 1. The molecule has 0 unspecified atom stereocenters. The van der Waals surface area contributed by atoms with Crippen LogP contribution in [0.2, 0.25) is 0 Å². The molecule has 4 nitrogen and oxygen atoms in total. The summed E-state index contributed by atoms with van der Waals surface area (Å²) in [5, 5.41) is 3.11. The number of nitrogens with zero attached hydrogens (tertiary/aromatic N) is 3. The Balaban J connectivity index is 2.43. The Labute approximate surface area is 112 Å². The van der Waals surface area contributed by atoms with E-state index in [4.69, 9.17) is 0 Å². The molecule has 1 N–H and O–H groups in total. The Morgan fingerprint density at radius 1 is 1.44 bits per heavy atom. The lowest BCUT2D eigenvalue weighted by Crippen LogP contribution is -2.09. The van der Waals surface area contributed by atoms with E-state index in [1.807, 2.05) is 23.1 Å². The molecule has 6 heteroatoms. The second-order valence-electron chi connectivity index (χ2n) is 4.21. The van der Waals surface area contributed by atoms with Crippen LogP contribution < -0.4 is 5.32 Å². The number of fused-ring (bicyclic) bond motifs is 3. The first kappa shape index (κ1) is 11.7. The largest absolute Gasteiger partial charge is 0.315 e. The molecule has 0 amide bonds.